The fraction of sp³-hybridized carbons (Fsp3) is 0.385. The van der Waals surface area contributed by atoms with Gasteiger partial charge < -0.3 is 5.73 Å². The normalized spacial score (nSPS) is 14.5. The molecule has 96 valence electrons. The molecule has 0 saturated heterocycles. The summed E-state index contributed by atoms with van der Waals surface area (Å²) >= 11 is 6.19. The van der Waals surface area contributed by atoms with Gasteiger partial charge in [-0.15, -0.1) is 0 Å². The van der Waals surface area contributed by atoms with Gasteiger partial charge in [0.2, 0.25) is 0 Å². The molecule has 2 aromatic rings. The van der Waals surface area contributed by atoms with Gasteiger partial charge in [0.15, 0.2) is 0 Å². The van der Waals surface area contributed by atoms with Crippen molar-refractivity contribution in [1.29, 1.82) is 0 Å². The van der Waals surface area contributed by atoms with Crippen molar-refractivity contribution in [1.82, 2.24) is 14.8 Å². The lowest BCUT2D eigenvalue weighted by Crippen LogP contribution is -2.31. The molecule has 0 bridgehead atoms. The summed E-state index contributed by atoms with van der Waals surface area (Å²) in [6, 6.07) is 3.77. The first-order valence-electron chi connectivity index (χ1n) is 5.89. The van der Waals surface area contributed by atoms with Crippen LogP contribution in [0.5, 0.6) is 0 Å². The van der Waals surface area contributed by atoms with Gasteiger partial charge in [0.05, 0.1) is 22.5 Å². The number of pyridine rings is 1. The molecule has 0 saturated carbocycles. The molecule has 4 nitrogen and oxygen atoms in total. The van der Waals surface area contributed by atoms with Crippen LogP contribution in [-0.2, 0) is 0 Å². The molecule has 0 spiro atoms. The summed E-state index contributed by atoms with van der Waals surface area (Å²) in [4.78, 5) is 4.14. The third-order valence-electron chi connectivity index (χ3n) is 3.02. The molecule has 5 heteroatoms. The molecule has 2 atom stereocenters. The standard InChI is InChI=1S/C13H17ClN4/c1-8(15)13(11-5-4-6-16-7-11)18-10(3)12(14)9(2)17-18/h4-8,13H,15H2,1-3H3. The second kappa shape index (κ2) is 5.08. The van der Waals surface area contributed by atoms with Crippen LogP contribution in [0, 0.1) is 13.8 Å². The number of nitrogens with two attached hydrogens (primary N) is 1. The van der Waals surface area contributed by atoms with Crippen molar-refractivity contribution in [3.63, 3.8) is 0 Å². The summed E-state index contributed by atoms with van der Waals surface area (Å²) in [6.07, 6.45) is 3.56. The topological polar surface area (TPSA) is 56.7 Å². The highest BCUT2D eigenvalue weighted by atomic mass is 35.5. The van der Waals surface area contributed by atoms with Crippen LogP contribution in [0.15, 0.2) is 24.5 Å². The largest absolute Gasteiger partial charge is 0.326 e. The third-order valence-corrected chi connectivity index (χ3v) is 3.57. The number of aromatic nitrogens is 3. The average molecular weight is 265 g/mol. The van der Waals surface area contributed by atoms with E-state index in [1.54, 1.807) is 6.20 Å². The van der Waals surface area contributed by atoms with Gasteiger partial charge in [0.1, 0.15) is 0 Å². The lowest BCUT2D eigenvalue weighted by atomic mass is 10.0. The van der Waals surface area contributed by atoms with Crippen LogP contribution >= 0.6 is 11.6 Å². The van der Waals surface area contributed by atoms with Crippen molar-refractivity contribution in [2.75, 3.05) is 0 Å². The minimum Gasteiger partial charge on any atom is -0.326 e. The molecule has 2 aromatic heterocycles. The highest BCUT2D eigenvalue weighted by Crippen LogP contribution is 2.27. The highest BCUT2D eigenvalue weighted by Gasteiger charge is 2.23. The predicted molar refractivity (Wildman–Crippen MR) is 72.7 cm³/mol. The maximum Gasteiger partial charge on any atom is 0.0935 e. The zero-order valence-corrected chi connectivity index (χ0v) is 11.5. The molecule has 2 N–H and O–H groups in total. The van der Waals surface area contributed by atoms with Crippen molar-refractivity contribution in [2.45, 2.75) is 32.9 Å². The van der Waals surface area contributed by atoms with E-state index in [9.17, 15) is 0 Å². The second-order valence-electron chi connectivity index (χ2n) is 4.52. The number of nitrogens with zero attached hydrogens (tertiary/aromatic N) is 3. The van der Waals surface area contributed by atoms with Crippen LogP contribution in [0.1, 0.15) is 29.9 Å². The third kappa shape index (κ3) is 2.26. The fourth-order valence-corrected chi connectivity index (χ4v) is 2.26. The Balaban J connectivity index is 2.52. The maximum absolute atomic E-state index is 6.19. The smallest absolute Gasteiger partial charge is 0.0935 e. The number of halogens is 1. The van der Waals surface area contributed by atoms with Crippen LogP contribution in [-0.4, -0.2) is 20.8 Å². The van der Waals surface area contributed by atoms with Gasteiger partial charge in [0.25, 0.3) is 0 Å². The molecule has 0 aromatic carbocycles. The van der Waals surface area contributed by atoms with E-state index in [2.05, 4.69) is 10.1 Å². The molecule has 0 radical (unpaired) electrons. The molecular formula is C13H17ClN4. The van der Waals surface area contributed by atoms with Crippen LogP contribution in [0.3, 0.4) is 0 Å². The van der Waals surface area contributed by atoms with E-state index >= 15 is 0 Å². The van der Waals surface area contributed by atoms with Crippen molar-refractivity contribution in [3.05, 3.63) is 46.5 Å². The fourth-order valence-electron chi connectivity index (χ4n) is 2.13. The van der Waals surface area contributed by atoms with E-state index in [1.165, 1.54) is 0 Å². The zero-order valence-electron chi connectivity index (χ0n) is 10.8. The van der Waals surface area contributed by atoms with Crippen molar-refractivity contribution in [3.8, 4) is 0 Å². The van der Waals surface area contributed by atoms with E-state index in [-0.39, 0.29) is 12.1 Å². The molecule has 0 fully saturated rings. The Hall–Kier alpha value is -1.39. The van der Waals surface area contributed by atoms with Gasteiger partial charge >= 0.3 is 0 Å². The summed E-state index contributed by atoms with van der Waals surface area (Å²) in [5.41, 5.74) is 8.89. The Morgan fingerprint density at radius 2 is 2.11 bits per heavy atom. The first-order valence-corrected chi connectivity index (χ1v) is 6.27. The highest BCUT2D eigenvalue weighted by molar-refractivity contribution is 6.31. The Morgan fingerprint density at radius 3 is 2.56 bits per heavy atom. The van der Waals surface area contributed by atoms with Crippen LogP contribution in [0.25, 0.3) is 0 Å². The van der Waals surface area contributed by atoms with Crippen molar-refractivity contribution < 1.29 is 0 Å². The zero-order chi connectivity index (χ0) is 13.3. The van der Waals surface area contributed by atoms with Gasteiger partial charge in [-0.05, 0) is 32.4 Å². The number of hydrogen-bond donors (Lipinski definition) is 1. The Morgan fingerprint density at radius 1 is 1.39 bits per heavy atom. The van der Waals surface area contributed by atoms with Gasteiger partial charge in [-0.3, -0.25) is 9.67 Å². The summed E-state index contributed by atoms with van der Waals surface area (Å²) in [6.45, 7) is 5.81. The molecular weight excluding hydrogens is 248 g/mol. The van der Waals surface area contributed by atoms with Gasteiger partial charge in [-0.2, -0.15) is 5.10 Å². The molecule has 2 rings (SSSR count). The molecule has 0 amide bonds. The molecule has 2 heterocycles. The van der Waals surface area contributed by atoms with Crippen molar-refractivity contribution in [2.24, 2.45) is 5.73 Å². The predicted octanol–water partition coefficient (Wildman–Crippen LogP) is 2.48. The van der Waals surface area contributed by atoms with E-state index in [0.717, 1.165) is 17.0 Å². The van der Waals surface area contributed by atoms with Crippen molar-refractivity contribution >= 4 is 11.6 Å². The van der Waals surface area contributed by atoms with E-state index in [1.807, 2.05) is 43.8 Å². The first-order chi connectivity index (χ1) is 8.52. The Labute approximate surface area is 112 Å². The second-order valence-corrected chi connectivity index (χ2v) is 4.90. The number of rotatable bonds is 3. The number of aryl methyl sites for hydroxylation is 1. The molecule has 0 aliphatic heterocycles. The number of hydrogen-bond acceptors (Lipinski definition) is 3. The molecule has 0 aliphatic rings. The Bertz CT molecular complexity index is 533. The first kappa shape index (κ1) is 13.1. The van der Waals surface area contributed by atoms with E-state index in [0.29, 0.717) is 5.02 Å². The average Bonchev–Trinajstić information content (AvgIpc) is 2.59. The van der Waals surface area contributed by atoms with Crippen LogP contribution < -0.4 is 5.73 Å². The summed E-state index contributed by atoms with van der Waals surface area (Å²) in [5.74, 6) is 0. The Kier molecular flexibility index (Phi) is 3.68. The van der Waals surface area contributed by atoms with E-state index in [4.69, 9.17) is 17.3 Å². The monoisotopic (exact) mass is 264 g/mol. The molecule has 2 unspecified atom stereocenters. The minimum absolute atomic E-state index is 0.0510. The quantitative estimate of drug-likeness (QED) is 0.927. The lowest BCUT2D eigenvalue weighted by Gasteiger charge is -2.23. The van der Waals surface area contributed by atoms with Crippen LogP contribution in [0.4, 0.5) is 0 Å². The van der Waals surface area contributed by atoms with Gasteiger partial charge in [-0.25, -0.2) is 0 Å². The summed E-state index contributed by atoms with van der Waals surface area (Å²) in [5, 5.41) is 5.18. The minimum atomic E-state index is -0.0803. The lowest BCUT2D eigenvalue weighted by molar-refractivity contribution is 0.442. The molecule has 18 heavy (non-hydrogen) atoms. The maximum atomic E-state index is 6.19. The molecule has 0 aliphatic carbocycles. The van der Waals surface area contributed by atoms with Gasteiger partial charge in [0, 0.05) is 18.4 Å². The van der Waals surface area contributed by atoms with Crippen LogP contribution in [0.2, 0.25) is 5.02 Å². The van der Waals surface area contributed by atoms with E-state index < -0.39 is 0 Å². The summed E-state index contributed by atoms with van der Waals surface area (Å²) < 4.78 is 1.89. The SMILES string of the molecule is Cc1nn(C(c2cccnc2)C(C)N)c(C)c1Cl. The summed E-state index contributed by atoms with van der Waals surface area (Å²) in [7, 11) is 0. The van der Waals surface area contributed by atoms with Gasteiger partial charge in [-0.1, -0.05) is 17.7 Å².